The highest BCUT2D eigenvalue weighted by atomic mass is 32.2. The van der Waals surface area contributed by atoms with Gasteiger partial charge in [-0.3, -0.25) is 4.79 Å². The minimum absolute atomic E-state index is 0.0262. The van der Waals surface area contributed by atoms with Crippen molar-refractivity contribution in [1.29, 1.82) is 0 Å². The van der Waals surface area contributed by atoms with Crippen molar-refractivity contribution >= 4 is 23.4 Å². The molecule has 3 nitrogen and oxygen atoms in total. The van der Waals surface area contributed by atoms with Gasteiger partial charge in [0.2, 0.25) is 5.91 Å². The second-order valence-electron chi connectivity index (χ2n) is 4.70. The molecule has 98 valence electrons. The highest BCUT2D eigenvalue weighted by molar-refractivity contribution is 7.98. The van der Waals surface area contributed by atoms with Gasteiger partial charge in [-0.2, -0.15) is 0 Å². The number of carbonyl (C=O) groups excluding carboxylic acids is 1. The highest BCUT2D eigenvalue weighted by Crippen LogP contribution is 2.29. The van der Waals surface area contributed by atoms with E-state index in [9.17, 15) is 9.90 Å². The molecule has 4 heteroatoms. The zero-order valence-corrected chi connectivity index (χ0v) is 11.6. The number of carbonyl (C=O) groups is 1. The summed E-state index contributed by atoms with van der Waals surface area (Å²) in [5.74, 6) is -0.203. The number of thioether (sulfide) groups is 1. The van der Waals surface area contributed by atoms with E-state index in [1.54, 1.807) is 23.7 Å². The van der Waals surface area contributed by atoms with Crippen molar-refractivity contribution in [2.24, 2.45) is 5.92 Å². The lowest BCUT2D eigenvalue weighted by atomic mass is 10.0. The molecule has 2 atom stereocenters. The van der Waals surface area contributed by atoms with Crippen molar-refractivity contribution in [2.75, 3.05) is 18.2 Å². The van der Waals surface area contributed by atoms with Crippen LogP contribution in [0.4, 0.5) is 5.69 Å². The Hall–Kier alpha value is -1.00. The molecule has 1 fully saturated rings. The molecule has 1 aromatic rings. The van der Waals surface area contributed by atoms with Gasteiger partial charge >= 0.3 is 0 Å². The molecule has 1 saturated carbocycles. The van der Waals surface area contributed by atoms with Crippen molar-refractivity contribution in [3.63, 3.8) is 0 Å². The Kier molecular flexibility index (Phi) is 4.30. The molecule has 1 amide bonds. The van der Waals surface area contributed by atoms with Crippen molar-refractivity contribution < 1.29 is 9.90 Å². The number of amides is 1. The van der Waals surface area contributed by atoms with E-state index in [2.05, 4.69) is 0 Å². The first-order valence-electron chi connectivity index (χ1n) is 6.23. The van der Waals surface area contributed by atoms with Gasteiger partial charge in [0.25, 0.3) is 0 Å². The van der Waals surface area contributed by atoms with Crippen LogP contribution in [0.25, 0.3) is 0 Å². The Morgan fingerprint density at radius 1 is 1.44 bits per heavy atom. The number of hydrogen-bond donors (Lipinski definition) is 1. The van der Waals surface area contributed by atoms with Gasteiger partial charge in [-0.05, 0) is 43.7 Å². The van der Waals surface area contributed by atoms with E-state index in [1.807, 2.05) is 30.5 Å². The normalized spacial score (nSPS) is 23.1. The monoisotopic (exact) mass is 265 g/mol. The molecule has 0 aliphatic heterocycles. The number of rotatable bonds is 3. The minimum atomic E-state index is -0.469. The van der Waals surface area contributed by atoms with E-state index in [0.717, 1.165) is 29.8 Å². The Morgan fingerprint density at radius 3 is 2.83 bits per heavy atom. The first-order valence-corrected chi connectivity index (χ1v) is 7.45. The maximum atomic E-state index is 12.3. The molecular formula is C14H19NO2S. The average molecular weight is 265 g/mol. The molecular weight excluding hydrogens is 246 g/mol. The minimum Gasteiger partial charge on any atom is -0.392 e. The summed E-state index contributed by atoms with van der Waals surface area (Å²) in [7, 11) is 1.78. The highest BCUT2D eigenvalue weighted by Gasteiger charge is 2.33. The summed E-state index contributed by atoms with van der Waals surface area (Å²) in [5.41, 5.74) is 0.894. The average Bonchev–Trinajstić information content (AvgIpc) is 2.83. The summed E-state index contributed by atoms with van der Waals surface area (Å²) in [6.07, 6.45) is 4.03. The molecule has 0 heterocycles. The topological polar surface area (TPSA) is 40.5 Å². The summed E-state index contributed by atoms with van der Waals surface area (Å²) < 4.78 is 0. The lowest BCUT2D eigenvalue weighted by Crippen LogP contribution is -2.36. The van der Waals surface area contributed by atoms with Crippen LogP contribution in [0.3, 0.4) is 0 Å². The predicted octanol–water partition coefficient (Wildman–Crippen LogP) is 2.53. The van der Waals surface area contributed by atoms with E-state index >= 15 is 0 Å². The predicted molar refractivity (Wildman–Crippen MR) is 75.0 cm³/mol. The fourth-order valence-corrected chi connectivity index (χ4v) is 2.88. The van der Waals surface area contributed by atoms with Crippen molar-refractivity contribution in [1.82, 2.24) is 0 Å². The Labute approximate surface area is 112 Å². The standard InChI is InChI=1S/C14H19NO2S/c1-15(10-5-3-6-11(9-10)18-2)14(17)12-7-4-8-13(12)16/h3,5-6,9,12-13,16H,4,7-8H2,1-2H3. The Morgan fingerprint density at radius 2 is 2.22 bits per heavy atom. The number of anilines is 1. The maximum Gasteiger partial charge on any atom is 0.232 e. The zero-order valence-electron chi connectivity index (χ0n) is 10.8. The van der Waals surface area contributed by atoms with Crippen molar-refractivity contribution in [2.45, 2.75) is 30.3 Å². The molecule has 0 aromatic heterocycles. The summed E-state index contributed by atoms with van der Waals surface area (Å²) in [4.78, 5) is 15.1. The van der Waals surface area contributed by atoms with Gasteiger partial charge in [0, 0.05) is 17.6 Å². The third kappa shape index (κ3) is 2.70. The van der Waals surface area contributed by atoms with Crippen LogP contribution in [0.15, 0.2) is 29.2 Å². The molecule has 0 saturated heterocycles. The van der Waals surface area contributed by atoms with E-state index in [4.69, 9.17) is 0 Å². The van der Waals surface area contributed by atoms with Gasteiger partial charge in [0.05, 0.1) is 12.0 Å². The fraction of sp³-hybridized carbons (Fsp3) is 0.500. The van der Waals surface area contributed by atoms with E-state index in [-0.39, 0.29) is 11.8 Å². The van der Waals surface area contributed by atoms with Crippen LogP contribution >= 0.6 is 11.8 Å². The number of hydrogen-bond acceptors (Lipinski definition) is 3. The lowest BCUT2D eigenvalue weighted by molar-refractivity contribution is -0.124. The third-order valence-electron chi connectivity index (χ3n) is 3.57. The lowest BCUT2D eigenvalue weighted by Gasteiger charge is -2.23. The molecule has 0 bridgehead atoms. The molecule has 2 unspecified atom stereocenters. The van der Waals surface area contributed by atoms with Gasteiger partial charge in [-0.15, -0.1) is 11.8 Å². The fourth-order valence-electron chi connectivity index (χ4n) is 2.42. The SMILES string of the molecule is CSc1cccc(N(C)C(=O)C2CCCC2O)c1. The largest absolute Gasteiger partial charge is 0.392 e. The summed E-state index contributed by atoms with van der Waals surface area (Å²) in [5, 5.41) is 9.80. The van der Waals surface area contributed by atoms with Crippen molar-refractivity contribution in [3.05, 3.63) is 24.3 Å². The van der Waals surface area contributed by atoms with Crippen LogP contribution in [0, 0.1) is 5.92 Å². The van der Waals surface area contributed by atoms with E-state index in [1.165, 1.54) is 0 Å². The van der Waals surface area contributed by atoms with Crippen LogP contribution in [-0.2, 0) is 4.79 Å². The summed E-state index contributed by atoms with van der Waals surface area (Å²) in [6, 6.07) is 7.91. The number of nitrogens with zero attached hydrogens (tertiary/aromatic N) is 1. The maximum absolute atomic E-state index is 12.3. The van der Waals surface area contributed by atoms with Crippen LogP contribution < -0.4 is 4.90 Å². The molecule has 0 radical (unpaired) electrons. The molecule has 1 aliphatic rings. The van der Waals surface area contributed by atoms with Gasteiger partial charge in [-0.1, -0.05) is 6.07 Å². The Balaban J connectivity index is 2.14. The quantitative estimate of drug-likeness (QED) is 0.854. The summed E-state index contributed by atoms with van der Waals surface area (Å²) >= 11 is 1.66. The smallest absolute Gasteiger partial charge is 0.232 e. The molecule has 1 aliphatic carbocycles. The van der Waals surface area contributed by atoms with Gasteiger partial charge in [0.15, 0.2) is 0 Å². The molecule has 2 rings (SSSR count). The first kappa shape index (κ1) is 13.4. The zero-order chi connectivity index (χ0) is 13.1. The summed E-state index contributed by atoms with van der Waals surface area (Å²) in [6.45, 7) is 0. The van der Waals surface area contributed by atoms with Crippen LogP contribution in [0.1, 0.15) is 19.3 Å². The molecule has 0 spiro atoms. The molecule has 1 N–H and O–H groups in total. The van der Waals surface area contributed by atoms with Gasteiger partial charge in [0.1, 0.15) is 0 Å². The number of benzene rings is 1. The van der Waals surface area contributed by atoms with Crippen LogP contribution in [0.5, 0.6) is 0 Å². The molecule has 1 aromatic carbocycles. The number of aliphatic hydroxyl groups is 1. The second kappa shape index (κ2) is 5.76. The van der Waals surface area contributed by atoms with Crippen molar-refractivity contribution in [3.8, 4) is 0 Å². The van der Waals surface area contributed by atoms with Crippen LogP contribution in [-0.4, -0.2) is 30.4 Å². The molecule has 18 heavy (non-hydrogen) atoms. The third-order valence-corrected chi connectivity index (χ3v) is 4.29. The van der Waals surface area contributed by atoms with Crippen LogP contribution in [0.2, 0.25) is 0 Å². The van der Waals surface area contributed by atoms with E-state index in [0.29, 0.717) is 0 Å². The second-order valence-corrected chi connectivity index (χ2v) is 5.58. The van der Waals surface area contributed by atoms with Gasteiger partial charge < -0.3 is 10.0 Å². The number of aliphatic hydroxyl groups excluding tert-OH is 1. The van der Waals surface area contributed by atoms with Gasteiger partial charge in [-0.25, -0.2) is 0 Å². The first-order chi connectivity index (χ1) is 8.63. The Bertz CT molecular complexity index is 436. The van der Waals surface area contributed by atoms with E-state index < -0.39 is 6.10 Å².